The lowest BCUT2D eigenvalue weighted by Crippen LogP contribution is -2.30. The van der Waals surface area contributed by atoms with E-state index in [-0.39, 0.29) is 0 Å². The quantitative estimate of drug-likeness (QED) is 0.149. The van der Waals surface area contributed by atoms with Crippen LogP contribution in [0.3, 0.4) is 0 Å². The van der Waals surface area contributed by atoms with E-state index in [9.17, 15) is 0 Å². The van der Waals surface area contributed by atoms with Crippen LogP contribution in [0.25, 0.3) is 60.9 Å². The standard InChI is InChI=1S/C61H44N2/c1-4-16-43(17-5-1)44-28-34-49(35-29-44)62(50-36-30-45(31-37-50)46-32-38-51(39-33-46)63-59-26-14-11-23-55(59)56-24-12-15-27-60(56)63)52-40-41-54-53-22-10-13-25-57(53)61(58(54)42-52,47-18-6-2-7-19-47)48-20-8-3-9-21-48/h1-8,10-20,22-42H,9,21H2. The zero-order valence-electron chi connectivity index (χ0n) is 34.9. The summed E-state index contributed by atoms with van der Waals surface area (Å²) in [6.07, 6.45) is 8.98. The molecule has 0 saturated carbocycles. The van der Waals surface area contributed by atoms with Crippen LogP contribution in [0.2, 0.25) is 0 Å². The Bertz CT molecular complexity index is 3300. The lowest BCUT2D eigenvalue weighted by molar-refractivity contribution is 0.693. The maximum absolute atomic E-state index is 2.48. The molecule has 2 nitrogen and oxygen atoms in total. The molecular formula is C61H44N2. The molecule has 0 spiro atoms. The van der Waals surface area contributed by atoms with Crippen LogP contribution in [0.4, 0.5) is 17.1 Å². The number of nitrogens with zero attached hydrogens (tertiary/aromatic N) is 2. The van der Waals surface area contributed by atoms with Gasteiger partial charge in [-0.3, -0.25) is 0 Å². The van der Waals surface area contributed by atoms with Gasteiger partial charge in [-0.15, -0.1) is 0 Å². The summed E-state index contributed by atoms with van der Waals surface area (Å²) in [7, 11) is 0. The van der Waals surface area contributed by atoms with E-state index in [1.807, 2.05) is 0 Å². The Balaban J connectivity index is 0.976. The van der Waals surface area contributed by atoms with Crippen LogP contribution in [-0.4, -0.2) is 4.57 Å². The average Bonchev–Trinajstić information content (AvgIpc) is 3.86. The molecule has 1 unspecified atom stereocenters. The van der Waals surface area contributed by atoms with Crippen molar-refractivity contribution in [2.75, 3.05) is 4.90 Å². The number of hydrogen-bond acceptors (Lipinski definition) is 1. The number of fused-ring (bicyclic) bond motifs is 6. The Labute approximate surface area is 369 Å². The van der Waals surface area contributed by atoms with Crippen molar-refractivity contribution in [3.8, 4) is 39.1 Å². The van der Waals surface area contributed by atoms with Gasteiger partial charge in [-0.2, -0.15) is 0 Å². The van der Waals surface area contributed by atoms with E-state index >= 15 is 0 Å². The maximum atomic E-state index is 2.48. The number of benzene rings is 9. The van der Waals surface area contributed by atoms with Gasteiger partial charge in [0, 0.05) is 33.5 Å². The molecule has 0 aliphatic heterocycles. The second kappa shape index (κ2) is 15.2. The summed E-state index contributed by atoms with van der Waals surface area (Å²) in [4.78, 5) is 2.43. The molecule has 1 aromatic heterocycles. The Morgan fingerprint density at radius 1 is 0.413 bits per heavy atom. The fourth-order valence-corrected chi connectivity index (χ4v) is 10.5. The highest BCUT2D eigenvalue weighted by atomic mass is 15.1. The Kier molecular flexibility index (Phi) is 8.90. The van der Waals surface area contributed by atoms with Crippen molar-refractivity contribution in [1.82, 2.24) is 4.57 Å². The van der Waals surface area contributed by atoms with Gasteiger partial charge >= 0.3 is 0 Å². The summed E-state index contributed by atoms with van der Waals surface area (Å²) in [6.45, 7) is 0. The van der Waals surface area contributed by atoms with E-state index in [1.54, 1.807) is 0 Å². The number of para-hydroxylation sites is 2. The molecule has 9 aromatic carbocycles. The first-order chi connectivity index (χ1) is 31.3. The molecule has 2 aliphatic carbocycles. The summed E-state index contributed by atoms with van der Waals surface area (Å²) < 4.78 is 2.38. The minimum Gasteiger partial charge on any atom is -0.310 e. The normalized spacial score (nSPS) is 15.3. The molecule has 298 valence electrons. The van der Waals surface area contributed by atoms with Crippen molar-refractivity contribution in [3.05, 3.63) is 265 Å². The van der Waals surface area contributed by atoms with Crippen LogP contribution in [0, 0.1) is 0 Å². The largest absolute Gasteiger partial charge is 0.310 e. The monoisotopic (exact) mass is 804 g/mol. The van der Waals surface area contributed by atoms with Crippen molar-refractivity contribution in [2.24, 2.45) is 0 Å². The number of allylic oxidation sites excluding steroid dienone is 4. The predicted octanol–water partition coefficient (Wildman–Crippen LogP) is 16.2. The van der Waals surface area contributed by atoms with Gasteiger partial charge in [-0.25, -0.2) is 0 Å². The van der Waals surface area contributed by atoms with Gasteiger partial charge in [0.2, 0.25) is 0 Å². The third kappa shape index (κ3) is 6.02. The van der Waals surface area contributed by atoms with Crippen LogP contribution in [-0.2, 0) is 5.41 Å². The molecule has 2 heteroatoms. The summed E-state index contributed by atoms with van der Waals surface area (Å²) >= 11 is 0. The minimum absolute atomic E-state index is 0.411. The third-order valence-corrected chi connectivity index (χ3v) is 13.4. The second-order valence-electron chi connectivity index (χ2n) is 16.8. The molecule has 12 rings (SSSR count). The Hall–Kier alpha value is -7.94. The molecule has 0 N–H and O–H groups in total. The second-order valence-corrected chi connectivity index (χ2v) is 16.8. The summed E-state index contributed by atoms with van der Waals surface area (Å²) in [5.74, 6) is 0. The lowest BCUT2D eigenvalue weighted by Gasteiger charge is -2.37. The molecule has 0 saturated heterocycles. The molecule has 10 aromatic rings. The van der Waals surface area contributed by atoms with Gasteiger partial charge in [0.25, 0.3) is 0 Å². The molecule has 1 heterocycles. The van der Waals surface area contributed by atoms with E-state index in [0.29, 0.717) is 0 Å². The van der Waals surface area contributed by atoms with E-state index in [4.69, 9.17) is 0 Å². The average molecular weight is 805 g/mol. The predicted molar refractivity (Wildman–Crippen MR) is 265 cm³/mol. The molecule has 63 heavy (non-hydrogen) atoms. The van der Waals surface area contributed by atoms with Gasteiger partial charge in [0.15, 0.2) is 0 Å². The molecule has 2 aliphatic rings. The molecule has 0 fully saturated rings. The first-order valence-corrected chi connectivity index (χ1v) is 22.1. The minimum atomic E-state index is -0.411. The molecule has 0 radical (unpaired) electrons. The highest BCUT2D eigenvalue weighted by Gasteiger charge is 2.47. The van der Waals surface area contributed by atoms with Crippen molar-refractivity contribution in [2.45, 2.75) is 18.3 Å². The smallest absolute Gasteiger partial charge is 0.0677 e. The van der Waals surface area contributed by atoms with E-state index in [2.05, 4.69) is 252 Å². The maximum Gasteiger partial charge on any atom is 0.0677 e. The van der Waals surface area contributed by atoms with Crippen LogP contribution in [0.1, 0.15) is 29.5 Å². The number of hydrogen-bond donors (Lipinski definition) is 0. The summed E-state index contributed by atoms with van der Waals surface area (Å²) in [6, 6.07) is 82.6. The first-order valence-electron chi connectivity index (χ1n) is 22.1. The third-order valence-electron chi connectivity index (χ3n) is 13.4. The summed E-state index contributed by atoms with van der Waals surface area (Å²) in [5.41, 5.74) is 19.3. The Morgan fingerprint density at radius 2 is 0.921 bits per heavy atom. The molecule has 0 amide bonds. The van der Waals surface area contributed by atoms with Gasteiger partial charge < -0.3 is 9.47 Å². The van der Waals surface area contributed by atoms with Gasteiger partial charge in [-0.05, 0) is 124 Å². The zero-order valence-corrected chi connectivity index (χ0v) is 34.9. The molecule has 1 atom stereocenters. The van der Waals surface area contributed by atoms with Gasteiger partial charge in [0.05, 0.1) is 16.4 Å². The van der Waals surface area contributed by atoms with Crippen molar-refractivity contribution >= 4 is 38.9 Å². The fraction of sp³-hybridized carbons (Fsp3) is 0.0492. The van der Waals surface area contributed by atoms with Crippen LogP contribution >= 0.6 is 0 Å². The number of aromatic nitrogens is 1. The highest BCUT2D eigenvalue weighted by molar-refractivity contribution is 6.09. The van der Waals surface area contributed by atoms with E-state index in [0.717, 1.165) is 35.6 Å². The van der Waals surface area contributed by atoms with Gasteiger partial charge in [0.1, 0.15) is 0 Å². The van der Waals surface area contributed by atoms with Crippen molar-refractivity contribution < 1.29 is 0 Å². The molecule has 0 bridgehead atoms. The van der Waals surface area contributed by atoms with Gasteiger partial charge in [-0.1, -0.05) is 188 Å². The lowest BCUT2D eigenvalue weighted by atomic mass is 9.65. The van der Waals surface area contributed by atoms with Crippen molar-refractivity contribution in [1.29, 1.82) is 0 Å². The fourth-order valence-electron chi connectivity index (χ4n) is 10.5. The van der Waals surface area contributed by atoms with Crippen LogP contribution < -0.4 is 4.90 Å². The van der Waals surface area contributed by atoms with Crippen LogP contribution in [0.15, 0.2) is 248 Å². The van der Waals surface area contributed by atoms with E-state index < -0.39 is 5.41 Å². The summed E-state index contributed by atoms with van der Waals surface area (Å²) in [5, 5.41) is 2.54. The van der Waals surface area contributed by atoms with Crippen molar-refractivity contribution in [3.63, 3.8) is 0 Å². The zero-order chi connectivity index (χ0) is 41.7. The van der Waals surface area contributed by atoms with E-state index in [1.165, 1.54) is 77.5 Å². The molecular weight excluding hydrogens is 761 g/mol. The number of anilines is 3. The Morgan fingerprint density at radius 3 is 1.54 bits per heavy atom. The van der Waals surface area contributed by atoms with Crippen LogP contribution in [0.5, 0.6) is 0 Å². The number of rotatable bonds is 8. The first kappa shape index (κ1) is 36.9. The highest BCUT2D eigenvalue weighted by Crippen LogP contribution is 2.58. The topological polar surface area (TPSA) is 8.17 Å². The SMILES string of the molecule is C1=CCCC(C2(c3ccccc3)c3ccccc3-c3ccc(N(c4ccc(-c5ccccc5)cc4)c4ccc(-c5ccc(-n6c7ccccc7c7ccccc76)cc5)cc4)cc32)=C1.